The molecule has 2 unspecified atom stereocenters. The molecule has 0 aromatic rings. The SMILES string of the molecule is CC(=CCCS)CCCC(C)CCCC(C)CCCC(C)C. The molecule has 0 aromatic heterocycles. The van der Waals surface area contributed by atoms with Gasteiger partial charge in [-0.25, -0.2) is 0 Å². The Morgan fingerprint density at radius 3 is 1.82 bits per heavy atom. The normalized spacial score (nSPS) is 15.3. The average molecular weight is 327 g/mol. The monoisotopic (exact) mass is 326 g/mol. The average Bonchev–Trinajstić information content (AvgIpc) is 2.44. The van der Waals surface area contributed by atoms with E-state index < -0.39 is 0 Å². The van der Waals surface area contributed by atoms with Gasteiger partial charge in [0.05, 0.1) is 0 Å². The maximum atomic E-state index is 4.26. The fourth-order valence-electron chi connectivity index (χ4n) is 3.12. The summed E-state index contributed by atoms with van der Waals surface area (Å²) in [4.78, 5) is 0. The van der Waals surface area contributed by atoms with E-state index in [0.29, 0.717) is 0 Å². The first-order chi connectivity index (χ1) is 10.5. The Kier molecular flexibility index (Phi) is 14.7. The summed E-state index contributed by atoms with van der Waals surface area (Å²) in [6, 6.07) is 0. The van der Waals surface area contributed by atoms with Crippen molar-refractivity contribution < 1.29 is 0 Å². The second-order valence-electron chi connectivity index (χ2n) is 7.92. The lowest BCUT2D eigenvalue weighted by atomic mass is 9.91. The van der Waals surface area contributed by atoms with Crippen molar-refractivity contribution in [1.82, 2.24) is 0 Å². The van der Waals surface area contributed by atoms with Crippen molar-refractivity contribution in [2.45, 2.75) is 98.8 Å². The zero-order valence-electron chi connectivity index (χ0n) is 16.0. The van der Waals surface area contributed by atoms with Crippen LogP contribution in [0.3, 0.4) is 0 Å². The van der Waals surface area contributed by atoms with Crippen LogP contribution in [0.1, 0.15) is 98.8 Å². The third-order valence-corrected chi connectivity index (χ3v) is 5.02. The molecular formula is C21H42S. The summed E-state index contributed by atoms with van der Waals surface area (Å²) in [5.41, 5.74) is 1.56. The van der Waals surface area contributed by atoms with Gasteiger partial charge in [-0.2, -0.15) is 12.6 Å². The number of hydrogen-bond donors (Lipinski definition) is 1. The molecule has 0 bridgehead atoms. The van der Waals surface area contributed by atoms with Gasteiger partial charge in [0.25, 0.3) is 0 Å². The van der Waals surface area contributed by atoms with Crippen LogP contribution in [0.4, 0.5) is 0 Å². The summed E-state index contributed by atoms with van der Waals surface area (Å²) >= 11 is 4.26. The first-order valence-corrected chi connectivity index (χ1v) is 10.3. The van der Waals surface area contributed by atoms with E-state index in [2.05, 4.69) is 53.3 Å². The predicted octanol–water partition coefficient (Wildman–Crippen LogP) is 7.69. The van der Waals surface area contributed by atoms with Gasteiger partial charge in [0.1, 0.15) is 0 Å². The van der Waals surface area contributed by atoms with Gasteiger partial charge in [0, 0.05) is 0 Å². The van der Waals surface area contributed by atoms with Gasteiger partial charge in [-0.1, -0.05) is 84.3 Å². The molecule has 0 heterocycles. The molecule has 22 heavy (non-hydrogen) atoms. The van der Waals surface area contributed by atoms with Crippen LogP contribution in [-0.2, 0) is 0 Å². The molecule has 0 saturated heterocycles. The van der Waals surface area contributed by atoms with Gasteiger partial charge < -0.3 is 0 Å². The summed E-state index contributed by atoms with van der Waals surface area (Å²) in [6.45, 7) is 11.8. The maximum absolute atomic E-state index is 4.26. The predicted molar refractivity (Wildman–Crippen MR) is 107 cm³/mol. The highest BCUT2D eigenvalue weighted by Gasteiger charge is 2.06. The van der Waals surface area contributed by atoms with Crippen molar-refractivity contribution >= 4 is 12.6 Å². The van der Waals surface area contributed by atoms with Crippen LogP contribution in [0.25, 0.3) is 0 Å². The van der Waals surface area contributed by atoms with Crippen LogP contribution >= 0.6 is 12.6 Å². The third-order valence-electron chi connectivity index (χ3n) is 4.76. The van der Waals surface area contributed by atoms with Crippen LogP contribution < -0.4 is 0 Å². The van der Waals surface area contributed by atoms with Gasteiger partial charge in [0.15, 0.2) is 0 Å². The molecule has 0 nitrogen and oxygen atoms in total. The van der Waals surface area contributed by atoms with E-state index in [1.54, 1.807) is 5.57 Å². The van der Waals surface area contributed by atoms with E-state index in [1.165, 1.54) is 57.8 Å². The molecule has 1 heteroatoms. The van der Waals surface area contributed by atoms with Gasteiger partial charge in [-0.05, 0) is 49.7 Å². The largest absolute Gasteiger partial charge is 0.179 e. The molecule has 0 aliphatic heterocycles. The zero-order valence-corrected chi connectivity index (χ0v) is 16.9. The minimum absolute atomic E-state index is 0.873. The van der Waals surface area contributed by atoms with Crippen LogP contribution in [-0.4, -0.2) is 5.75 Å². The van der Waals surface area contributed by atoms with Gasteiger partial charge in [-0.3, -0.25) is 0 Å². The highest BCUT2D eigenvalue weighted by atomic mass is 32.1. The molecule has 0 amide bonds. The van der Waals surface area contributed by atoms with Crippen LogP contribution in [0.15, 0.2) is 11.6 Å². The number of allylic oxidation sites excluding steroid dienone is 2. The first-order valence-electron chi connectivity index (χ1n) is 9.72. The zero-order chi connectivity index (χ0) is 16.8. The minimum atomic E-state index is 0.873. The molecule has 0 saturated carbocycles. The van der Waals surface area contributed by atoms with Crippen molar-refractivity contribution in [2.75, 3.05) is 5.75 Å². The summed E-state index contributed by atoms with van der Waals surface area (Å²) in [6.07, 6.45) is 16.1. The smallest absolute Gasteiger partial charge is 0.00632 e. The lowest BCUT2D eigenvalue weighted by Crippen LogP contribution is -2.00. The molecule has 0 aromatic carbocycles. The second kappa shape index (κ2) is 14.7. The molecule has 0 radical (unpaired) electrons. The molecule has 0 aliphatic rings. The van der Waals surface area contributed by atoms with Crippen molar-refractivity contribution in [1.29, 1.82) is 0 Å². The van der Waals surface area contributed by atoms with Gasteiger partial charge in [0.2, 0.25) is 0 Å². The van der Waals surface area contributed by atoms with Crippen molar-refractivity contribution in [3.05, 3.63) is 11.6 Å². The number of thiol groups is 1. The van der Waals surface area contributed by atoms with Crippen LogP contribution in [0.5, 0.6) is 0 Å². The lowest BCUT2D eigenvalue weighted by molar-refractivity contribution is 0.389. The first kappa shape index (κ1) is 22.1. The van der Waals surface area contributed by atoms with Crippen LogP contribution in [0.2, 0.25) is 0 Å². The minimum Gasteiger partial charge on any atom is -0.179 e. The number of hydrogen-bond acceptors (Lipinski definition) is 1. The van der Waals surface area contributed by atoms with Crippen molar-refractivity contribution in [3.63, 3.8) is 0 Å². The molecule has 2 atom stereocenters. The Hall–Kier alpha value is 0.0900. The highest BCUT2D eigenvalue weighted by molar-refractivity contribution is 7.80. The van der Waals surface area contributed by atoms with Gasteiger partial charge in [-0.15, -0.1) is 0 Å². The molecule has 0 fully saturated rings. The molecule has 0 rings (SSSR count). The summed E-state index contributed by atoms with van der Waals surface area (Å²) < 4.78 is 0. The van der Waals surface area contributed by atoms with Crippen LogP contribution in [0, 0.1) is 17.8 Å². The third kappa shape index (κ3) is 15.0. The Morgan fingerprint density at radius 1 is 0.818 bits per heavy atom. The molecule has 0 N–H and O–H groups in total. The summed E-state index contributed by atoms with van der Waals surface area (Å²) in [5.74, 6) is 3.68. The van der Waals surface area contributed by atoms with Crippen molar-refractivity contribution in [2.24, 2.45) is 17.8 Å². The maximum Gasteiger partial charge on any atom is -0.00632 e. The summed E-state index contributed by atoms with van der Waals surface area (Å²) in [5, 5.41) is 0. The van der Waals surface area contributed by atoms with E-state index in [0.717, 1.165) is 29.9 Å². The van der Waals surface area contributed by atoms with E-state index in [1.807, 2.05) is 0 Å². The summed E-state index contributed by atoms with van der Waals surface area (Å²) in [7, 11) is 0. The Labute approximate surface area is 147 Å². The van der Waals surface area contributed by atoms with E-state index in [4.69, 9.17) is 0 Å². The van der Waals surface area contributed by atoms with E-state index >= 15 is 0 Å². The Morgan fingerprint density at radius 2 is 1.32 bits per heavy atom. The van der Waals surface area contributed by atoms with Crippen molar-refractivity contribution in [3.8, 4) is 0 Å². The fraction of sp³-hybridized carbons (Fsp3) is 0.905. The molecule has 0 aliphatic carbocycles. The standard InChI is InChI=1S/C21H42S/c1-18(2)10-6-11-19(3)12-7-13-20(4)14-8-15-21(5)16-9-17-22/h16,18-20,22H,6-15,17H2,1-5H3. The number of rotatable bonds is 14. The molecule has 0 spiro atoms. The lowest BCUT2D eigenvalue weighted by Gasteiger charge is -2.15. The topological polar surface area (TPSA) is 0 Å². The fourth-order valence-corrected chi connectivity index (χ4v) is 3.25. The quantitative estimate of drug-likeness (QED) is 0.245. The molecular weight excluding hydrogens is 284 g/mol. The Bertz CT molecular complexity index is 267. The Balaban J connectivity index is 3.54. The van der Waals surface area contributed by atoms with Gasteiger partial charge >= 0.3 is 0 Å². The molecule has 132 valence electrons. The highest BCUT2D eigenvalue weighted by Crippen LogP contribution is 2.22. The van der Waals surface area contributed by atoms with E-state index in [9.17, 15) is 0 Å². The van der Waals surface area contributed by atoms with E-state index in [-0.39, 0.29) is 0 Å². The second-order valence-corrected chi connectivity index (χ2v) is 8.37.